The molecule has 3 nitrogen and oxygen atoms in total. The minimum Gasteiger partial charge on any atom is -0.466 e. The number of halogens is 1. The summed E-state index contributed by atoms with van der Waals surface area (Å²) in [6.45, 7) is 0. The first-order valence-electron chi connectivity index (χ1n) is 2.71. The molecule has 0 heterocycles. The normalized spacial score (nSPS) is 13.5. The van der Waals surface area contributed by atoms with E-state index in [0.717, 1.165) is 0 Å². The number of hydrogen-bond donors (Lipinski definition) is 1. The van der Waals surface area contributed by atoms with Crippen LogP contribution in [-0.2, 0) is 9.53 Å². The Bertz CT molecular complexity index is 133. The van der Waals surface area contributed by atoms with E-state index in [-0.39, 0.29) is 0 Å². The number of carbonyl (C=O) groups is 1. The summed E-state index contributed by atoms with van der Waals surface area (Å²) in [5, 5.41) is 9.28. The van der Waals surface area contributed by atoms with Gasteiger partial charge in [-0.3, -0.25) is 0 Å². The van der Waals surface area contributed by atoms with Gasteiger partial charge in [0.1, 0.15) is 0 Å². The molecule has 0 aliphatic rings. The van der Waals surface area contributed by atoms with Crippen molar-refractivity contribution < 1.29 is 14.6 Å². The number of alkyl halides is 1. The zero-order chi connectivity index (χ0) is 7.98. The first-order chi connectivity index (χ1) is 4.70. The molecule has 0 radical (unpaired) electrons. The minimum atomic E-state index is -0.626. The largest absolute Gasteiger partial charge is 0.466 e. The van der Waals surface area contributed by atoms with Gasteiger partial charge in [0.25, 0.3) is 0 Å². The number of aliphatic hydroxyl groups is 1. The van der Waals surface area contributed by atoms with E-state index >= 15 is 0 Å². The summed E-state index contributed by atoms with van der Waals surface area (Å²) in [7, 11) is 1.28. The molecule has 1 atom stereocenters. The third-order valence-corrected chi connectivity index (χ3v) is 1.48. The highest BCUT2D eigenvalue weighted by Crippen LogP contribution is 1.91. The second-order valence-electron chi connectivity index (χ2n) is 1.60. The lowest BCUT2D eigenvalue weighted by molar-refractivity contribution is -0.134. The number of ether oxygens (including phenoxy) is 1. The molecule has 0 fully saturated rings. The van der Waals surface area contributed by atoms with E-state index in [1.54, 1.807) is 0 Å². The van der Waals surface area contributed by atoms with Crippen LogP contribution in [0.5, 0.6) is 0 Å². The maximum absolute atomic E-state index is 10.4. The predicted molar refractivity (Wildman–Crippen MR) is 41.0 cm³/mol. The highest BCUT2D eigenvalue weighted by atomic mass is 79.9. The lowest BCUT2D eigenvalue weighted by Crippen LogP contribution is -2.04. The lowest BCUT2D eigenvalue weighted by atomic mass is 10.3. The maximum Gasteiger partial charge on any atom is 0.330 e. The second kappa shape index (κ2) is 5.44. The van der Waals surface area contributed by atoms with E-state index in [1.807, 2.05) is 0 Å². The van der Waals surface area contributed by atoms with Gasteiger partial charge in [0.05, 0.1) is 13.2 Å². The van der Waals surface area contributed by atoms with Crippen LogP contribution in [0.15, 0.2) is 12.2 Å². The van der Waals surface area contributed by atoms with Crippen LogP contribution in [0.2, 0.25) is 0 Å². The van der Waals surface area contributed by atoms with Gasteiger partial charge in [0.2, 0.25) is 0 Å². The Morgan fingerprint density at radius 2 is 2.50 bits per heavy atom. The molecule has 0 aromatic rings. The summed E-state index contributed by atoms with van der Waals surface area (Å²) in [4.78, 5) is 10.4. The molecule has 0 aliphatic carbocycles. The molecule has 0 bridgehead atoms. The van der Waals surface area contributed by atoms with Crippen LogP contribution in [0.4, 0.5) is 0 Å². The fourth-order valence-electron chi connectivity index (χ4n) is 0.309. The third kappa shape index (κ3) is 4.52. The molecule has 1 unspecified atom stereocenters. The molecule has 0 aliphatic heterocycles. The number of esters is 1. The van der Waals surface area contributed by atoms with Crippen molar-refractivity contribution in [3.8, 4) is 0 Å². The lowest BCUT2D eigenvalue weighted by Gasteiger charge is -1.96. The van der Waals surface area contributed by atoms with Gasteiger partial charge in [-0.25, -0.2) is 4.79 Å². The van der Waals surface area contributed by atoms with E-state index in [4.69, 9.17) is 5.11 Å². The first-order valence-corrected chi connectivity index (χ1v) is 3.83. The highest BCUT2D eigenvalue weighted by molar-refractivity contribution is 9.09. The predicted octanol–water partition coefficient (Wildman–Crippen LogP) is 0.471. The third-order valence-electron chi connectivity index (χ3n) is 0.814. The molecular formula is C6H9BrO3. The standard InChI is InChI=1S/C6H9BrO3/c1-10-6(9)3-2-5(8)4-7/h2-3,5,8H,4H2,1H3/b3-2+. The average Bonchev–Trinajstić information content (AvgIpc) is 1.99. The monoisotopic (exact) mass is 208 g/mol. The van der Waals surface area contributed by atoms with Crippen molar-refractivity contribution in [3.63, 3.8) is 0 Å². The topological polar surface area (TPSA) is 46.5 Å². The summed E-state index contributed by atoms with van der Waals surface area (Å²) in [6.07, 6.45) is 1.92. The Labute approximate surface area is 67.8 Å². The molecule has 0 aromatic heterocycles. The van der Waals surface area contributed by atoms with Crippen molar-refractivity contribution in [2.75, 3.05) is 12.4 Å². The quantitative estimate of drug-likeness (QED) is 0.417. The Balaban J connectivity index is 3.63. The maximum atomic E-state index is 10.4. The zero-order valence-electron chi connectivity index (χ0n) is 5.58. The summed E-state index contributed by atoms with van der Waals surface area (Å²) in [6, 6.07) is 0. The molecule has 0 rings (SSSR count). The van der Waals surface area contributed by atoms with Crippen LogP contribution in [0.1, 0.15) is 0 Å². The molecule has 10 heavy (non-hydrogen) atoms. The van der Waals surface area contributed by atoms with Gasteiger partial charge in [0, 0.05) is 11.4 Å². The van der Waals surface area contributed by atoms with Gasteiger partial charge in [-0.2, -0.15) is 0 Å². The summed E-state index contributed by atoms with van der Waals surface area (Å²) < 4.78 is 4.29. The summed E-state index contributed by atoms with van der Waals surface area (Å²) in [5.74, 6) is -0.458. The number of aliphatic hydroxyl groups excluding tert-OH is 1. The molecule has 0 amide bonds. The van der Waals surface area contributed by atoms with Gasteiger partial charge in [-0.15, -0.1) is 0 Å². The molecule has 4 heteroatoms. The van der Waals surface area contributed by atoms with Gasteiger partial charge in [-0.1, -0.05) is 15.9 Å². The van der Waals surface area contributed by atoms with Crippen molar-refractivity contribution in [1.82, 2.24) is 0 Å². The van der Waals surface area contributed by atoms with Crippen molar-refractivity contribution >= 4 is 21.9 Å². The van der Waals surface area contributed by atoms with Crippen LogP contribution in [0.25, 0.3) is 0 Å². The van der Waals surface area contributed by atoms with E-state index in [2.05, 4.69) is 20.7 Å². The minimum absolute atomic E-state index is 0.417. The Kier molecular flexibility index (Phi) is 5.25. The molecular weight excluding hydrogens is 200 g/mol. The van der Waals surface area contributed by atoms with Crippen molar-refractivity contribution in [2.45, 2.75) is 6.10 Å². The fraction of sp³-hybridized carbons (Fsp3) is 0.500. The van der Waals surface area contributed by atoms with Gasteiger partial charge in [0.15, 0.2) is 0 Å². The van der Waals surface area contributed by atoms with Crippen LogP contribution in [0.3, 0.4) is 0 Å². The number of rotatable bonds is 3. The van der Waals surface area contributed by atoms with Crippen LogP contribution in [-0.4, -0.2) is 29.6 Å². The smallest absolute Gasteiger partial charge is 0.330 e. The molecule has 1 N–H and O–H groups in total. The first kappa shape index (κ1) is 9.65. The van der Waals surface area contributed by atoms with Gasteiger partial charge >= 0.3 is 5.97 Å². The second-order valence-corrected chi connectivity index (χ2v) is 2.25. The van der Waals surface area contributed by atoms with Gasteiger partial charge < -0.3 is 9.84 Å². The van der Waals surface area contributed by atoms with Crippen LogP contribution >= 0.6 is 15.9 Å². The van der Waals surface area contributed by atoms with Crippen LogP contribution in [0, 0.1) is 0 Å². The Morgan fingerprint density at radius 3 is 2.90 bits per heavy atom. The van der Waals surface area contributed by atoms with Crippen molar-refractivity contribution in [3.05, 3.63) is 12.2 Å². The Morgan fingerprint density at radius 1 is 1.90 bits per heavy atom. The van der Waals surface area contributed by atoms with Crippen molar-refractivity contribution in [1.29, 1.82) is 0 Å². The van der Waals surface area contributed by atoms with Gasteiger partial charge in [-0.05, 0) is 6.08 Å². The summed E-state index contributed by atoms with van der Waals surface area (Å²) in [5.41, 5.74) is 0. The Hall–Kier alpha value is -0.350. The zero-order valence-corrected chi connectivity index (χ0v) is 7.17. The highest BCUT2D eigenvalue weighted by Gasteiger charge is 1.96. The van der Waals surface area contributed by atoms with E-state index < -0.39 is 12.1 Å². The van der Waals surface area contributed by atoms with E-state index in [1.165, 1.54) is 19.3 Å². The van der Waals surface area contributed by atoms with E-state index in [0.29, 0.717) is 5.33 Å². The van der Waals surface area contributed by atoms with E-state index in [9.17, 15) is 4.79 Å². The molecule has 0 saturated carbocycles. The summed E-state index contributed by atoms with van der Waals surface area (Å²) >= 11 is 3.03. The number of carbonyl (C=O) groups excluding carboxylic acids is 1. The number of hydrogen-bond acceptors (Lipinski definition) is 3. The molecule has 0 spiro atoms. The average molecular weight is 209 g/mol. The fourth-order valence-corrected chi connectivity index (χ4v) is 0.525. The van der Waals surface area contributed by atoms with Crippen molar-refractivity contribution in [2.24, 2.45) is 0 Å². The molecule has 0 saturated heterocycles. The number of methoxy groups -OCH3 is 1. The van der Waals surface area contributed by atoms with Crippen LogP contribution < -0.4 is 0 Å². The molecule has 58 valence electrons. The SMILES string of the molecule is COC(=O)/C=C/C(O)CBr. The molecule has 0 aromatic carbocycles.